The van der Waals surface area contributed by atoms with Gasteiger partial charge in [0.1, 0.15) is 24.4 Å². The van der Waals surface area contributed by atoms with Crippen molar-refractivity contribution in [3.05, 3.63) is 144 Å². The van der Waals surface area contributed by atoms with Gasteiger partial charge in [0.2, 0.25) is 0 Å². The van der Waals surface area contributed by atoms with Crippen LogP contribution in [0.5, 0.6) is 0 Å². The van der Waals surface area contributed by atoms with Crippen LogP contribution in [-0.2, 0) is 59.6 Å². The lowest BCUT2D eigenvalue weighted by Gasteiger charge is -2.24. The molecule has 0 aliphatic heterocycles. The van der Waals surface area contributed by atoms with Gasteiger partial charge in [0.15, 0.2) is 0 Å². The molecule has 0 saturated carbocycles. The molecule has 0 spiro atoms. The van der Waals surface area contributed by atoms with Crippen LogP contribution in [0.1, 0.15) is 22.3 Å². The van der Waals surface area contributed by atoms with Gasteiger partial charge in [-0.25, -0.2) is 0 Å². The van der Waals surface area contributed by atoms with Crippen molar-refractivity contribution in [2.75, 3.05) is 52.9 Å². The lowest BCUT2D eigenvalue weighted by atomic mass is 10.2. The summed E-state index contributed by atoms with van der Waals surface area (Å²) in [6, 6.07) is 39.3. The van der Waals surface area contributed by atoms with E-state index < -0.39 is 24.4 Å². The minimum Gasteiger partial charge on any atom is -0.388 e. The van der Waals surface area contributed by atoms with E-state index in [0.29, 0.717) is 26.4 Å². The minimum absolute atomic E-state index is 0.105. The largest absolute Gasteiger partial charge is 0.388 e. The summed E-state index contributed by atoms with van der Waals surface area (Å²) in [5.74, 6) is 0. The van der Waals surface area contributed by atoms with Crippen molar-refractivity contribution in [3.8, 4) is 0 Å². The average Bonchev–Trinajstić information content (AvgIpc) is 3.14. The molecule has 0 radical (unpaired) electrons. The highest BCUT2D eigenvalue weighted by Gasteiger charge is 2.22. The standard InChI is InChI=1S/C40H50O9/c41-37(29-44-25-33-13-5-1-6-14-33)39(31-46-27-35-17-9-3-10-18-35)48-23-21-43-22-24-49-40(32-47-28-36-19-11-4-12-20-36)38(42)30-45-26-34-15-7-2-8-16-34/h1-20,37-42H,21-32H2/t37-,38-,39-,40-/m0/s1. The molecule has 0 aliphatic rings. The third kappa shape index (κ3) is 16.2. The molecular formula is C40H50O9. The first-order chi connectivity index (χ1) is 24.2. The smallest absolute Gasteiger partial charge is 0.109 e. The van der Waals surface area contributed by atoms with Crippen molar-refractivity contribution in [2.24, 2.45) is 0 Å². The fraction of sp³-hybridized carbons (Fsp3) is 0.400. The van der Waals surface area contributed by atoms with Gasteiger partial charge in [-0.1, -0.05) is 121 Å². The van der Waals surface area contributed by atoms with Gasteiger partial charge < -0.3 is 43.4 Å². The summed E-state index contributed by atoms with van der Waals surface area (Å²) in [5.41, 5.74) is 4.13. The zero-order chi connectivity index (χ0) is 34.2. The molecule has 0 heterocycles. The van der Waals surface area contributed by atoms with E-state index in [1.54, 1.807) is 0 Å². The highest BCUT2D eigenvalue weighted by atomic mass is 16.6. The Morgan fingerprint density at radius 2 is 0.633 bits per heavy atom. The average molecular weight is 675 g/mol. The summed E-state index contributed by atoms with van der Waals surface area (Å²) in [4.78, 5) is 0. The van der Waals surface area contributed by atoms with Crippen LogP contribution in [0, 0.1) is 0 Å². The molecule has 9 nitrogen and oxygen atoms in total. The van der Waals surface area contributed by atoms with E-state index in [9.17, 15) is 10.2 Å². The molecule has 0 aliphatic carbocycles. The maximum atomic E-state index is 10.9. The van der Waals surface area contributed by atoms with Crippen molar-refractivity contribution >= 4 is 0 Å². The Kier molecular flexibility index (Phi) is 18.6. The summed E-state index contributed by atoms with van der Waals surface area (Å²) in [7, 11) is 0. The Morgan fingerprint density at radius 1 is 0.347 bits per heavy atom. The van der Waals surface area contributed by atoms with Crippen LogP contribution in [0.3, 0.4) is 0 Å². The maximum absolute atomic E-state index is 10.9. The van der Waals surface area contributed by atoms with Crippen molar-refractivity contribution in [1.82, 2.24) is 0 Å². The Balaban J connectivity index is 1.17. The number of ether oxygens (including phenoxy) is 7. The Bertz CT molecular complexity index is 1240. The van der Waals surface area contributed by atoms with Crippen LogP contribution in [0.2, 0.25) is 0 Å². The Labute approximate surface area is 290 Å². The SMILES string of the molecule is O[C@@H](COCc1ccccc1)[C@H](COCc1ccccc1)OCCOCCO[C@@H](COCc1ccccc1)[C@@H](O)COCc1ccccc1. The van der Waals surface area contributed by atoms with E-state index >= 15 is 0 Å². The molecule has 0 aromatic heterocycles. The van der Waals surface area contributed by atoms with Crippen LogP contribution >= 0.6 is 0 Å². The monoisotopic (exact) mass is 674 g/mol. The predicted octanol–water partition coefficient (Wildman–Crippen LogP) is 5.36. The second-order valence-corrected chi connectivity index (χ2v) is 11.6. The Morgan fingerprint density at radius 3 is 0.939 bits per heavy atom. The third-order valence-electron chi connectivity index (χ3n) is 7.57. The Hall–Kier alpha value is -3.48. The predicted molar refractivity (Wildman–Crippen MR) is 187 cm³/mol. The first kappa shape index (κ1) is 38.3. The molecule has 9 heteroatoms. The van der Waals surface area contributed by atoms with Gasteiger partial charge in [0.25, 0.3) is 0 Å². The summed E-state index contributed by atoms with van der Waals surface area (Å²) >= 11 is 0. The maximum Gasteiger partial charge on any atom is 0.109 e. The van der Waals surface area contributed by atoms with E-state index in [4.69, 9.17) is 33.2 Å². The van der Waals surface area contributed by atoms with E-state index in [1.807, 2.05) is 121 Å². The van der Waals surface area contributed by atoms with E-state index in [1.165, 1.54) is 0 Å². The fourth-order valence-corrected chi connectivity index (χ4v) is 4.85. The second-order valence-electron chi connectivity index (χ2n) is 11.6. The van der Waals surface area contributed by atoms with Crippen molar-refractivity contribution in [1.29, 1.82) is 0 Å². The van der Waals surface area contributed by atoms with Gasteiger partial charge in [-0.15, -0.1) is 0 Å². The molecule has 4 aromatic rings. The molecule has 0 fully saturated rings. The molecule has 264 valence electrons. The first-order valence-electron chi connectivity index (χ1n) is 16.8. The van der Waals surface area contributed by atoms with Gasteiger partial charge >= 0.3 is 0 Å². The summed E-state index contributed by atoms with van der Waals surface area (Å²) in [5, 5.41) is 21.7. The number of rotatable bonds is 26. The molecule has 0 bridgehead atoms. The van der Waals surface area contributed by atoms with Crippen molar-refractivity contribution in [2.45, 2.75) is 50.8 Å². The molecular weight excluding hydrogens is 624 g/mol. The lowest BCUT2D eigenvalue weighted by molar-refractivity contribution is -0.125. The van der Waals surface area contributed by atoms with Crippen LogP contribution in [0.15, 0.2) is 121 Å². The zero-order valence-electron chi connectivity index (χ0n) is 28.1. The topological polar surface area (TPSA) is 105 Å². The van der Waals surface area contributed by atoms with Gasteiger partial charge in [0.05, 0.1) is 79.3 Å². The molecule has 49 heavy (non-hydrogen) atoms. The highest BCUT2D eigenvalue weighted by Crippen LogP contribution is 2.10. The normalized spacial score (nSPS) is 13.9. The number of aliphatic hydroxyl groups is 2. The quantitative estimate of drug-likeness (QED) is 0.0852. The molecule has 2 N–H and O–H groups in total. The number of hydrogen-bond donors (Lipinski definition) is 2. The van der Waals surface area contributed by atoms with Crippen molar-refractivity contribution in [3.63, 3.8) is 0 Å². The molecule has 0 unspecified atom stereocenters. The van der Waals surface area contributed by atoms with Crippen LogP contribution in [0.4, 0.5) is 0 Å². The van der Waals surface area contributed by atoms with Crippen molar-refractivity contribution < 1.29 is 43.4 Å². The van der Waals surface area contributed by atoms with E-state index in [0.717, 1.165) is 22.3 Å². The first-order valence-corrected chi connectivity index (χ1v) is 16.8. The molecule has 0 saturated heterocycles. The summed E-state index contributed by atoms with van der Waals surface area (Å²) in [6.45, 7) is 3.27. The van der Waals surface area contributed by atoms with Gasteiger partial charge in [-0.05, 0) is 22.3 Å². The lowest BCUT2D eigenvalue weighted by Crippen LogP contribution is -2.38. The van der Waals surface area contributed by atoms with Crippen LogP contribution < -0.4 is 0 Å². The summed E-state index contributed by atoms with van der Waals surface area (Å²) in [6.07, 6.45) is -2.97. The van der Waals surface area contributed by atoms with E-state index in [-0.39, 0.29) is 52.9 Å². The van der Waals surface area contributed by atoms with Gasteiger partial charge in [-0.2, -0.15) is 0 Å². The highest BCUT2D eigenvalue weighted by molar-refractivity contribution is 5.15. The fourth-order valence-electron chi connectivity index (χ4n) is 4.85. The second kappa shape index (κ2) is 23.8. The number of benzene rings is 4. The summed E-state index contributed by atoms with van der Waals surface area (Å²) < 4.78 is 41.0. The molecule has 4 rings (SSSR count). The molecule has 4 aromatic carbocycles. The van der Waals surface area contributed by atoms with Crippen LogP contribution in [-0.4, -0.2) is 87.5 Å². The molecule has 4 atom stereocenters. The van der Waals surface area contributed by atoms with Gasteiger partial charge in [0, 0.05) is 0 Å². The number of hydrogen-bond acceptors (Lipinski definition) is 9. The van der Waals surface area contributed by atoms with E-state index in [2.05, 4.69) is 0 Å². The zero-order valence-corrected chi connectivity index (χ0v) is 28.1. The van der Waals surface area contributed by atoms with Crippen LogP contribution in [0.25, 0.3) is 0 Å². The van der Waals surface area contributed by atoms with Gasteiger partial charge in [-0.3, -0.25) is 0 Å². The molecule has 0 amide bonds. The number of aliphatic hydroxyl groups excluding tert-OH is 2. The minimum atomic E-state index is -0.884. The third-order valence-corrected chi connectivity index (χ3v) is 7.57.